The minimum atomic E-state index is -0.370. The number of anilines is 1. The van der Waals surface area contributed by atoms with Crippen molar-refractivity contribution in [3.8, 4) is 5.75 Å². The molecule has 0 saturated heterocycles. The van der Waals surface area contributed by atoms with E-state index in [0.29, 0.717) is 11.4 Å². The number of benzene rings is 1. The summed E-state index contributed by atoms with van der Waals surface area (Å²) in [5.74, 6) is 0.0959. The summed E-state index contributed by atoms with van der Waals surface area (Å²) in [5, 5.41) is 15.8. The van der Waals surface area contributed by atoms with Crippen LogP contribution in [-0.2, 0) is 4.79 Å². The van der Waals surface area contributed by atoms with Crippen molar-refractivity contribution in [1.29, 1.82) is 0 Å². The van der Waals surface area contributed by atoms with Gasteiger partial charge in [-0.1, -0.05) is 49.8 Å². The Balaban J connectivity index is 1.76. The van der Waals surface area contributed by atoms with Crippen LogP contribution in [0.5, 0.6) is 5.75 Å². The summed E-state index contributed by atoms with van der Waals surface area (Å²) >= 11 is 6.06. The number of amides is 1. The van der Waals surface area contributed by atoms with Gasteiger partial charge in [-0.25, -0.2) is 0 Å². The highest BCUT2D eigenvalue weighted by atomic mass is 35.5. The van der Waals surface area contributed by atoms with Crippen molar-refractivity contribution in [2.45, 2.75) is 63.3 Å². The fourth-order valence-corrected chi connectivity index (χ4v) is 4.56. The van der Waals surface area contributed by atoms with Crippen LogP contribution >= 0.6 is 11.6 Å². The van der Waals surface area contributed by atoms with Gasteiger partial charge in [-0.2, -0.15) is 0 Å². The molecule has 4 rings (SSSR count). The number of aromatic nitrogens is 2. The van der Waals surface area contributed by atoms with Crippen LogP contribution in [0.15, 0.2) is 23.0 Å². The van der Waals surface area contributed by atoms with Gasteiger partial charge in [0.05, 0.1) is 16.6 Å². The number of aromatic hydroxyl groups is 1. The van der Waals surface area contributed by atoms with Crippen molar-refractivity contribution in [2.24, 2.45) is 0 Å². The maximum absolute atomic E-state index is 12.8. The van der Waals surface area contributed by atoms with Gasteiger partial charge in [-0.05, 0) is 30.5 Å². The van der Waals surface area contributed by atoms with Crippen LogP contribution in [0.2, 0.25) is 5.02 Å². The van der Waals surface area contributed by atoms with Crippen LogP contribution in [0, 0.1) is 0 Å². The molecule has 1 fully saturated rings. The second-order valence-corrected chi connectivity index (χ2v) is 8.00. The lowest BCUT2D eigenvalue weighted by Crippen LogP contribution is -2.27. The molecule has 144 valence electrons. The van der Waals surface area contributed by atoms with Gasteiger partial charge in [-0.3, -0.25) is 19.4 Å². The number of rotatable bonds is 2. The average molecular weight is 390 g/mol. The lowest BCUT2D eigenvalue weighted by atomic mass is 9.87. The van der Waals surface area contributed by atoms with Crippen molar-refractivity contribution in [2.75, 3.05) is 5.32 Å². The highest BCUT2D eigenvalue weighted by Crippen LogP contribution is 2.39. The van der Waals surface area contributed by atoms with Gasteiger partial charge in [0.2, 0.25) is 5.91 Å². The highest BCUT2D eigenvalue weighted by molar-refractivity contribution is 6.32. The van der Waals surface area contributed by atoms with Crippen molar-refractivity contribution >= 4 is 23.3 Å². The molecule has 2 heterocycles. The summed E-state index contributed by atoms with van der Waals surface area (Å²) in [7, 11) is 0. The SMILES string of the molecule is O=C1CC(c2ccc(O)c(Cl)c2)c2c(n(C3CCCCCCC3)[nH]c2=O)N1. The van der Waals surface area contributed by atoms with E-state index in [1.54, 1.807) is 12.1 Å². The van der Waals surface area contributed by atoms with Crippen LogP contribution in [-0.4, -0.2) is 20.8 Å². The average Bonchev–Trinajstić information content (AvgIpc) is 2.93. The Hall–Kier alpha value is -2.21. The lowest BCUT2D eigenvalue weighted by molar-refractivity contribution is -0.116. The molecule has 1 aromatic heterocycles. The molecule has 27 heavy (non-hydrogen) atoms. The molecule has 1 aliphatic heterocycles. The first kappa shape index (κ1) is 18.2. The molecule has 7 heteroatoms. The predicted octanol–water partition coefficient (Wildman–Crippen LogP) is 4.29. The smallest absolute Gasteiger partial charge is 0.270 e. The number of H-pyrrole nitrogens is 1. The normalized spacial score (nSPS) is 21.2. The zero-order valence-corrected chi connectivity index (χ0v) is 15.9. The van der Waals surface area contributed by atoms with Gasteiger partial charge in [-0.15, -0.1) is 0 Å². The van der Waals surface area contributed by atoms with E-state index in [4.69, 9.17) is 11.6 Å². The van der Waals surface area contributed by atoms with Crippen molar-refractivity contribution in [1.82, 2.24) is 9.78 Å². The van der Waals surface area contributed by atoms with Crippen molar-refractivity contribution in [3.63, 3.8) is 0 Å². The third-order valence-electron chi connectivity index (χ3n) is 5.77. The summed E-state index contributed by atoms with van der Waals surface area (Å²) in [4.78, 5) is 25.2. The Morgan fingerprint density at radius 3 is 2.48 bits per heavy atom. The van der Waals surface area contributed by atoms with Crippen LogP contribution < -0.4 is 10.9 Å². The first-order chi connectivity index (χ1) is 13.0. The molecule has 1 unspecified atom stereocenters. The summed E-state index contributed by atoms with van der Waals surface area (Å²) < 4.78 is 1.88. The van der Waals surface area contributed by atoms with Gasteiger partial charge < -0.3 is 10.4 Å². The Morgan fingerprint density at radius 1 is 1.07 bits per heavy atom. The van der Waals surface area contributed by atoms with Gasteiger partial charge in [0.15, 0.2) is 0 Å². The molecule has 1 saturated carbocycles. The Bertz CT molecular complexity index is 910. The fourth-order valence-electron chi connectivity index (χ4n) is 4.38. The molecule has 1 amide bonds. The largest absolute Gasteiger partial charge is 0.506 e. The molecular formula is C20H24ClN3O3. The molecule has 0 bridgehead atoms. The fraction of sp³-hybridized carbons (Fsp3) is 0.500. The minimum absolute atomic E-state index is 0.0121. The molecule has 1 atom stereocenters. The Morgan fingerprint density at radius 2 is 1.78 bits per heavy atom. The predicted molar refractivity (Wildman–Crippen MR) is 105 cm³/mol. The van der Waals surface area contributed by atoms with E-state index < -0.39 is 0 Å². The number of halogens is 1. The molecule has 2 aromatic rings. The number of phenols is 1. The maximum atomic E-state index is 12.8. The standard InChI is InChI=1S/C20H24ClN3O3/c21-15-10-12(8-9-16(15)25)14-11-17(26)22-19-18(14)20(27)23-24(19)13-6-4-2-1-3-5-7-13/h8-10,13-14,25H,1-7,11H2,(H,22,26)(H,23,27). The lowest BCUT2D eigenvalue weighted by Gasteiger charge is -2.27. The second kappa shape index (κ2) is 7.43. The number of hydrogen-bond donors (Lipinski definition) is 3. The highest BCUT2D eigenvalue weighted by Gasteiger charge is 2.34. The third kappa shape index (κ3) is 3.50. The Labute approximate surface area is 162 Å². The number of nitrogens with one attached hydrogen (secondary N) is 2. The zero-order valence-electron chi connectivity index (χ0n) is 15.1. The number of carbonyl (C=O) groups is 1. The first-order valence-electron chi connectivity index (χ1n) is 9.67. The van der Waals surface area contributed by atoms with Gasteiger partial charge >= 0.3 is 0 Å². The van der Waals surface area contributed by atoms with E-state index in [0.717, 1.165) is 31.2 Å². The van der Waals surface area contributed by atoms with Crippen molar-refractivity contribution < 1.29 is 9.90 Å². The Kier molecular flexibility index (Phi) is 5.00. The summed E-state index contributed by atoms with van der Waals surface area (Å²) in [6.07, 6.45) is 8.15. The molecule has 0 spiro atoms. The van der Waals surface area contributed by atoms with Gasteiger partial charge in [0.1, 0.15) is 11.6 Å². The molecule has 6 nitrogen and oxygen atoms in total. The quantitative estimate of drug-likeness (QED) is 0.715. The van der Waals surface area contributed by atoms with E-state index in [1.807, 2.05) is 4.68 Å². The monoisotopic (exact) mass is 389 g/mol. The molecule has 3 N–H and O–H groups in total. The van der Waals surface area contributed by atoms with Gasteiger partial charge in [0, 0.05) is 12.3 Å². The zero-order chi connectivity index (χ0) is 19.0. The molecule has 1 aliphatic carbocycles. The van der Waals surface area contributed by atoms with E-state index in [9.17, 15) is 14.7 Å². The molecule has 0 radical (unpaired) electrons. The maximum Gasteiger partial charge on any atom is 0.270 e. The van der Waals surface area contributed by atoms with Crippen LogP contribution in [0.4, 0.5) is 5.82 Å². The van der Waals surface area contributed by atoms with E-state index in [-0.39, 0.29) is 40.6 Å². The van der Waals surface area contributed by atoms with Gasteiger partial charge in [0.25, 0.3) is 5.56 Å². The summed E-state index contributed by atoms with van der Waals surface area (Å²) in [6, 6.07) is 5.06. The van der Waals surface area contributed by atoms with Crippen molar-refractivity contribution in [3.05, 3.63) is 44.7 Å². The summed E-state index contributed by atoms with van der Waals surface area (Å²) in [6.45, 7) is 0. The third-order valence-corrected chi connectivity index (χ3v) is 6.08. The topological polar surface area (TPSA) is 87.1 Å². The van der Waals surface area contributed by atoms with E-state index in [2.05, 4.69) is 10.4 Å². The minimum Gasteiger partial charge on any atom is -0.506 e. The molecule has 2 aliphatic rings. The van der Waals surface area contributed by atoms with E-state index in [1.165, 1.54) is 25.3 Å². The van der Waals surface area contributed by atoms with Crippen LogP contribution in [0.3, 0.4) is 0 Å². The van der Waals surface area contributed by atoms with E-state index >= 15 is 0 Å². The molecule has 1 aromatic carbocycles. The number of aromatic amines is 1. The summed E-state index contributed by atoms with van der Waals surface area (Å²) in [5.41, 5.74) is 1.18. The number of fused-ring (bicyclic) bond motifs is 1. The number of phenolic OH excluding ortho intramolecular Hbond substituents is 1. The second-order valence-electron chi connectivity index (χ2n) is 7.59. The number of hydrogen-bond acceptors (Lipinski definition) is 3. The van der Waals surface area contributed by atoms with Crippen LogP contribution in [0.25, 0.3) is 0 Å². The number of carbonyl (C=O) groups excluding carboxylic acids is 1. The number of nitrogens with zero attached hydrogens (tertiary/aromatic N) is 1. The van der Waals surface area contributed by atoms with Crippen LogP contribution in [0.1, 0.15) is 74.5 Å². The molecular weight excluding hydrogens is 366 g/mol. The first-order valence-corrected chi connectivity index (χ1v) is 10.0.